The molecule has 0 radical (unpaired) electrons. The van der Waals surface area contributed by atoms with E-state index >= 15 is 0 Å². The lowest BCUT2D eigenvalue weighted by atomic mass is 10.2. The Kier molecular flexibility index (Phi) is 6.31. The summed E-state index contributed by atoms with van der Waals surface area (Å²) in [6.45, 7) is 1.87. The van der Waals surface area contributed by atoms with Gasteiger partial charge in [0, 0.05) is 21.3 Å². The molecule has 2 aromatic rings. The van der Waals surface area contributed by atoms with Crippen LogP contribution in [0.25, 0.3) is 0 Å². The standard InChI is InChI=1S/C16H14Cl3N3O2/c1-9-12(18)3-2-4-14(9)20-8-15(23)22-21-7-10-5-11(17)6-13(19)16(10)24/h2-7,20,24H,8H2,1H3,(H,22,23). The van der Waals surface area contributed by atoms with E-state index in [1.54, 1.807) is 12.1 Å². The molecule has 0 saturated heterocycles. The number of carbonyl (C=O) groups is 1. The molecule has 0 aromatic heterocycles. The van der Waals surface area contributed by atoms with E-state index in [1.807, 2.05) is 13.0 Å². The van der Waals surface area contributed by atoms with Gasteiger partial charge in [0.1, 0.15) is 5.75 Å². The summed E-state index contributed by atoms with van der Waals surface area (Å²) in [5, 5.41) is 17.6. The fourth-order valence-corrected chi connectivity index (χ4v) is 2.56. The van der Waals surface area contributed by atoms with Gasteiger partial charge in [0.25, 0.3) is 5.91 Å². The smallest absolute Gasteiger partial charge is 0.259 e. The van der Waals surface area contributed by atoms with Crippen LogP contribution in [0.4, 0.5) is 5.69 Å². The molecule has 2 aromatic carbocycles. The zero-order valence-corrected chi connectivity index (χ0v) is 14.9. The third kappa shape index (κ3) is 4.77. The molecule has 2 rings (SSSR count). The maximum absolute atomic E-state index is 11.8. The van der Waals surface area contributed by atoms with Gasteiger partial charge in [-0.3, -0.25) is 4.79 Å². The van der Waals surface area contributed by atoms with Crippen LogP contribution in [-0.2, 0) is 4.79 Å². The molecule has 0 aliphatic carbocycles. The molecule has 0 unspecified atom stereocenters. The Hall–Kier alpha value is -1.95. The molecule has 8 heteroatoms. The zero-order chi connectivity index (χ0) is 17.7. The molecule has 3 N–H and O–H groups in total. The lowest BCUT2D eigenvalue weighted by Gasteiger charge is -2.09. The number of hydrazone groups is 1. The van der Waals surface area contributed by atoms with Crippen molar-refractivity contribution in [1.82, 2.24) is 5.43 Å². The van der Waals surface area contributed by atoms with E-state index in [0.717, 1.165) is 11.3 Å². The summed E-state index contributed by atoms with van der Waals surface area (Å²) < 4.78 is 0. The molecule has 24 heavy (non-hydrogen) atoms. The summed E-state index contributed by atoms with van der Waals surface area (Å²) in [4.78, 5) is 11.8. The topological polar surface area (TPSA) is 73.7 Å². The number of aromatic hydroxyl groups is 1. The number of rotatable bonds is 5. The van der Waals surface area contributed by atoms with E-state index < -0.39 is 0 Å². The van der Waals surface area contributed by atoms with E-state index in [1.165, 1.54) is 18.3 Å². The molecule has 1 amide bonds. The predicted molar refractivity (Wildman–Crippen MR) is 98.5 cm³/mol. The molecule has 0 aliphatic rings. The number of halogens is 3. The van der Waals surface area contributed by atoms with E-state index in [9.17, 15) is 9.90 Å². The summed E-state index contributed by atoms with van der Waals surface area (Å²) in [5.41, 5.74) is 4.26. The first kappa shape index (κ1) is 18.4. The fourth-order valence-electron chi connectivity index (χ4n) is 1.87. The van der Waals surface area contributed by atoms with Gasteiger partial charge in [-0.15, -0.1) is 0 Å². The van der Waals surface area contributed by atoms with Crippen molar-refractivity contribution in [2.75, 3.05) is 11.9 Å². The van der Waals surface area contributed by atoms with Crippen molar-refractivity contribution >= 4 is 52.6 Å². The molecule has 0 spiro atoms. The van der Waals surface area contributed by atoms with Gasteiger partial charge in [-0.2, -0.15) is 5.10 Å². The molecule has 0 heterocycles. The van der Waals surface area contributed by atoms with Gasteiger partial charge in [-0.1, -0.05) is 40.9 Å². The minimum atomic E-state index is -0.363. The summed E-state index contributed by atoms with van der Waals surface area (Å²) in [5.74, 6) is -0.523. The minimum absolute atomic E-state index is 0.0147. The molecule has 0 saturated carbocycles. The van der Waals surface area contributed by atoms with Crippen LogP contribution in [0, 0.1) is 6.92 Å². The number of amides is 1. The molecule has 0 aliphatic heterocycles. The molecule has 0 atom stereocenters. The van der Waals surface area contributed by atoms with Crippen LogP contribution in [0.3, 0.4) is 0 Å². The first-order chi connectivity index (χ1) is 11.4. The fraction of sp³-hybridized carbons (Fsp3) is 0.125. The van der Waals surface area contributed by atoms with Gasteiger partial charge in [0.05, 0.1) is 17.8 Å². The molecule has 5 nitrogen and oxygen atoms in total. The Morgan fingerprint density at radius 1 is 1.25 bits per heavy atom. The van der Waals surface area contributed by atoms with E-state index in [2.05, 4.69) is 15.8 Å². The molecule has 0 fully saturated rings. The van der Waals surface area contributed by atoms with Crippen LogP contribution in [0.2, 0.25) is 15.1 Å². The van der Waals surface area contributed by atoms with Crippen molar-refractivity contribution in [2.24, 2.45) is 5.10 Å². The first-order valence-corrected chi connectivity index (χ1v) is 8.00. The molecular weight excluding hydrogens is 373 g/mol. The van der Waals surface area contributed by atoms with Crippen molar-refractivity contribution in [3.63, 3.8) is 0 Å². The first-order valence-electron chi connectivity index (χ1n) is 6.87. The van der Waals surface area contributed by atoms with Crippen LogP contribution >= 0.6 is 34.8 Å². The predicted octanol–water partition coefficient (Wildman–Crippen LogP) is 4.22. The maximum atomic E-state index is 11.8. The number of nitrogens with zero attached hydrogens (tertiary/aromatic N) is 1. The van der Waals surface area contributed by atoms with Gasteiger partial charge in [0.15, 0.2) is 0 Å². The average molecular weight is 387 g/mol. The summed E-state index contributed by atoms with van der Waals surface area (Å²) in [6.07, 6.45) is 1.26. The molecule has 0 bridgehead atoms. The second-order valence-electron chi connectivity index (χ2n) is 4.88. The van der Waals surface area contributed by atoms with Crippen LogP contribution in [-0.4, -0.2) is 23.8 Å². The number of phenolic OH excluding ortho intramolecular Hbond substituents is 1. The highest BCUT2D eigenvalue weighted by Gasteiger charge is 2.07. The van der Waals surface area contributed by atoms with Crippen LogP contribution < -0.4 is 10.7 Å². The van der Waals surface area contributed by atoms with Crippen molar-refractivity contribution < 1.29 is 9.90 Å². The van der Waals surface area contributed by atoms with Gasteiger partial charge in [0.2, 0.25) is 0 Å². The van der Waals surface area contributed by atoms with Gasteiger partial charge in [-0.25, -0.2) is 5.43 Å². The lowest BCUT2D eigenvalue weighted by molar-refractivity contribution is -0.119. The second kappa shape index (κ2) is 8.24. The number of carbonyl (C=O) groups excluding carboxylic acids is 1. The molecular formula is C16H14Cl3N3O2. The van der Waals surface area contributed by atoms with Crippen LogP contribution in [0.15, 0.2) is 35.4 Å². The number of hydrogen-bond donors (Lipinski definition) is 3. The molecule has 126 valence electrons. The number of anilines is 1. The largest absolute Gasteiger partial charge is 0.506 e. The SMILES string of the molecule is Cc1c(Cl)cccc1NCC(=O)NN=Cc1cc(Cl)cc(Cl)c1O. The van der Waals surface area contributed by atoms with Crippen LogP contribution in [0.1, 0.15) is 11.1 Å². The Labute approximate surface area is 154 Å². The highest BCUT2D eigenvalue weighted by Crippen LogP contribution is 2.29. The van der Waals surface area contributed by atoms with E-state index in [0.29, 0.717) is 15.6 Å². The van der Waals surface area contributed by atoms with Gasteiger partial charge in [-0.05, 0) is 36.8 Å². The van der Waals surface area contributed by atoms with Crippen molar-refractivity contribution in [3.05, 3.63) is 56.5 Å². The monoisotopic (exact) mass is 385 g/mol. The Morgan fingerprint density at radius 3 is 2.75 bits per heavy atom. The second-order valence-corrected chi connectivity index (χ2v) is 6.14. The summed E-state index contributed by atoms with van der Waals surface area (Å²) >= 11 is 17.7. The Balaban J connectivity index is 1.93. The van der Waals surface area contributed by atoms with Crippen LogP contribution in [0.5, 0.6) is 5.75 Å². The zero-order valence-electron chi connectivity index (χ0n) is 12.6. The number of phenols is 1. The lowest BCUT2D eigenvalue weighted by Crippen LogP contribution is -2.26. The normalized spacial score (nSPS) is 10.8. The third-order valence-electron chi connectivity index (χ3n) is 3.16. The Bertz CT molecular complexity index is 794. The number of hydrogen-bond acceptors (Lipinski definition) is 4. The van der Waals surface area contributed by atoms with Gasteiger partial charge < -0.3 is 10.4 Å². The minimum Gasteiger partial charge on any atom is -0.506 e. The van der Waals surface area contributed by atoms with Crippen molar-refractivity contribution in [2.45, 2.75) is 6.92 Å². The summed E-state index contributed by atoms with van der Waals surface area (Å²) in [7, 11) is 0. The Morgan fingerprint density at radius 2 is 2.00 bits per heavy atom. The average Bonchev–Trinajstić information content (AvgIpc) is 2.53. The van der Waals surface area contributed by atoms with Crippen molar-refractivity contribution in [1.29, 1.82) is 0 Å². The van der Waals surface area contributed by atoms with Crippen molar-refractivity contribution in [3.8, 4) is 5.75 Å². The van der Waals surface area contributed by atoms with Gasteiger partial charge >= 0.3 is 0 Å². The van der Waals surface area contributed by atoms with E-state index in [4.69, 9.17) is 34.8 Å². The number of nitrogens with one attached hydrogen (secondary N) is 2. The number of benzene rings is 2. The highest BCUT2D eigenvalue weighted by atomic mass is 35.5. The van der Waals surface area contributed by atoms with E-state index in [-0.39, 0.29) is 23.2 Å². The third-order valence-corrected chi connectivity index (χ3v) is 4.07. The highest BCUT2D eigenvalue weighted by molar-refractivity contribution is 6.36. The quantitative estimate of drug-likeness (QED) is 0.532. The summed E-state index contributed by atoms with van der Waals surface area (Å²) in [6, 6.07) is 8.27. The maximum Gasteiger partial charge on any atom is 0.259 e.